The minimum atomic E-state index is -0.423. The summed E-state index contributed by atoms with van der Waals surface area (Å²) < 4.78 is 5.46. The van der Waals surface area contributed by atoms with E-state index in [9.17, 15) is 10.1 Å². The number of nitro groups is 1. The van der Waals surface area contributed by atoms with E-state index in [1.165, 1.54) is 6.07 Å². The topological polar surface area (TPSA) is 81.6 Å². The second kappa shape index (κ2) is 7.58. The molecule has 1 aromatic carbocycles. The standard InChI is InChI=1S/C13H21N3O3/c1-3-9-19-13-10-11(15(4-2)8-7-14)5-6-12(13)16(17)18/h5-6,10H,3-4,7-9,14H2,1-2H3. The molecule has 0 unspecified atom stereocenters. The molecule has 0 radical (unpaired) electrons. The molecule has 0 aromatic heterocycles. The number of hydrogen-bond acceptors (Lipinski definition) is 5. The smallest absolute Gasteiger partial charge is 0.311 e. The van der Waals surface area contributed by atoms with Crippen molar-refractivity contribution in [1.29, 1.82) is 0 Å². The van der Waals surface area contributed by atoms with E-state index in [2.05, 4.69) is 4.90 Å². The predicted molar refractivity (Wildman–Crippen MR) is 75.8 cm³/mol. The van der Waals surface area contributed by atoms with Crippen LogP contribution in [0.3, 0.4) is 0 Å². The molecular weight excluding hydrogens is 246 g/mol. The molecule has 1 aromatic rings. The summed E-state index contributed by atoms with van der Waals surface area (Å²) in [6, 6.07) is 4.93. The van der Waals surface area contributed by atoms with Gasteiger partial charge in [-0.05, 0) is 19.4 Å². The van der Waals surface area contributed by atoms with E-state index in [-0.39, 0.29) is 5.69 Å². The van der Waals surface area contributed by atoms with Crippen LogP contribution in [0.2, 0.25) is 0 Å². The Labute approximate surface area is 113 Å². The highest BCUT2D eigenvalue weighted by Gasteiger charge is 2.17. The first-order valence-electron chi connectivity index (χ1n) is 6.50. The molecule has 0 saturated heterocycles. The summed E-state index contributed by atoms with van der Waals surface area (Å²) in [7, 11) is 0. The van der Waals surface area contributed by atoms with Crippen molar-refractivity contribution in [2.45, 2.75) is 20.3 Å². The fourth-order valence-electron chi connectivity index (χ4n) is 1.80. The molecule has 6 heteroatoms. The van der Waals surface area contributed by atoms with Crippen molar-refractivity contribution in [1.82, 2.24) is 0 Å². The van der Waals surface area contributed by atoms with Crippen molar-refractivity contribution >= 4 is 11.4 Å². The van der Waals surface area contributed by atoms with Gasteiger partial charge in [0, 0.05) is 37.5 Å². The molecule has 1 rings (SSSR count). The maximum Gasteiger partial charge on any atom is 0.311 e. The summed E-state index contributed by atoms with van der Waals surface area (Å²) in [6.45, 7) is 6.49. The van der Waals surface area contributed by atoms with Crippen LogP contribution >= 0.6 is 0 Å². The number of hydrogen-bond donors (Lipinski definition) is 1. The number of nitro benzene ring substituents is 1. The molecule has 0 saturated carbocycles. The van der Waals surface area contributed by atoms with E-state index in [1.54, 1.807) is 12.1 Å². The molecule has 6 nitrogen and oxygen atoms in total. The van der Waals surface area contributed by atoms with Crippen molar-refractivity contribution in [3.05, 3.63) is 28.3 Å². The SMILES string of the molecule is CCCOc1cc(N(CC)CCN)ccc1[N+](=O)[O-]. The molecular formula is C13H21N3O3. The average Bonchev–Trinajstić information content (AvgIpc) is 2.42. The zero-order valence-corrected chi connectivity index (χ0v) is 11.5. The maximum atomic E-state index is 11.0. The van der Waals surface area contributed by atoms with E-state index in [0.29, 0.717) is 25.4 Å². The fourth-order valence-corrected chi connectivity index (χ4v) is 1.80. The van der Waals surface area contributed by atoms with Crippen LogP contribution in [0.4, 0.5) is 11.4 Å². The maximum absolute atomic E-state index is 11.0. The molecule has 0 amide bonds. The lowest BCUT2D eigenvalue weighted by molar-refractivity contribution is -0.385. The number of anilines is 1. The second-order valence-electron chi connectivity index (χ2n) is 4.13. The monoisotopic (exact) mass is 267 g/mol. The van der Waals surface area contributed by atoms with Gasteiger partial charge in [-0.2, -0.15) is 0 Å². The van der Waals surface area contributed by atoms with Crippen LogP contribution in [0.15, 0.2) is 18.2 Å². The van der Waals surface area contributed by atoms with Gasteiger partial charge in [0.15, 0.2) is 5.75 Å². The number of likely N-dealkylation sites (N-methyl/N-ethyl adjacent to an activating group) is 1. The molecule has 0 spiro atoms. The largest absolute Gasteiger partial charge is 0.487 e. The van der Waals surface area contributed by atoms with Crippen molar-refractivity contribution in [3.8, 4) is 5.75 Å². The minimum Gasteiger partial charge on any atom is -0.487 e. The quantitative estimate of drug-likeness (QED) is 0.576. The van der Waals surface area contributed by atoms with Gasteiger partial charge >= 0.3 is 5.69 Å². The van der Waals surface area contributed by atoms with Gasteiger partial charge in [-0.25, -0.2) is 0 Å². The fraction of sp³-hybridized carbons (Fsp3) is 0.538. The first-order valence-corrected chi connectivity index (χ1v) is 6.50. The molecule has 0 fully saturated rings. The third-order valence-corrected chi connectivity index (χ3v) is 2.75. The first-order chi connectivity index (χ1) is 9.13. The number of nitrogens with two attached hydrogens (primary N) is 1. The van der Waals surface area contributed by atoms with Crippen molar-refractivity contribution < 1.29 is 9.66 Å². The molecule has 0 aliphatic heterocycles. The van der Waals surface area contributed by atoms with Crippen molar-refractivity contribution in [3.63, 3.8) is 0 Å². The summed E-state index contributed by atoms with van der Waals surface area (Å²) in [5.74, 6) is 0.319. The van der Waals surface area contributed by atoms with Gasteiger partial charge in [-0.3, -0.25) is 10.1 Å². The molecule has 0 atom stereocenters. The van der Waals surface area contributed by atoms with Crippen molar-refractivity contribution in [2.24, 2.45) is 5.73 Å². The van der Waals surface area contributed by atoms with Crippen LogP contribution in [0.25, 0.3) is 0 Å². The molecule has 2 N–H and O–H groups in total. The zero-order chi connectivity index (χ0) is 14.3. The number of nitrogens with zero attached hydrogens (tertiary/aromatic N) is 2. The molecule has 0 aliphatic rings. The Morgan fingerprint density at radius 2 is 2.16 bits per heavy atom. The number of benzene rings is 1. The van der Waals surface area contributed by atoms with Gasteiger partial charge in [0.2, 0.25) is 0 Å². The molecule has 19 heavy (non-hydrogen) atoms. The van der Waals surface area contributed by atoms with Crippen LogP contribution in [0.5, 0.6) is 5.75 Å². The molecule has 0 aliphatic carbocycles. The number of ether oxygens (including phenoxy) is 1. The van der Waals surface area contributed by atoms with Gasteiger partial charge in [0.1, 0.15) is 0 Å². The van der Waals surface area contributed by atoms with Gasteiger partial charge in [-0.15, -0.1) is 0 Å². The third kappa shape index (κ3) is 4.10. The Morgan fingerprint density at radius 1 is 1.42 bits per heavy atom. The minimum absolute atomic E-state index is 0.000927. The third-order valence-electron chi connectivity index (χ3n) is 2.75. The Bertz CT molecular complexity index is 424. The van der Waals surface area contributed by atoms with Gasteiger partial charge in [-0.1, -0.05) is 6.92 Å². The molecule has 0 bridgehead atoms. The van der Waals surface area contributed by atoms with E-state index in [4.69, 9.17) is 10.5 Å². The average molecular weight is 267 g/mol. The Morgan fingerprint density at radius 3 is 2.68 bits per heavy atom. The number of rotatable bonds is 8. The summed E-state index contributed by atoms with van der Waals surface area (Å²) in [4.78, 5) is 12.6. The normalized spacial score (nSPS) is 10.3. The lowest BCUT2D eigenvalue weighted by Crippen LogP contribution is -2.29. The summed E-state index contributed by atoms with van der Waals surface area (Å²) >= 11 is 0. The van der Waals surface area contributed by atoms with Crippen LogP contribution in [-0.4, -0.2) is 31.2 Å². The summed E-state index contributed by atoms with van der Waals surface area (Å²) in [5.41, 5.74) is 6.45. The van der Waals surface area contributed by atoms with E-state index in [1.807, 2.05) is 13.8 Å². The lowest BCUT2D eigenvalue weighted by Gasteiger charge is -2.22. The Hall–Kier alpha value is -1.82. The Kier molecular flexibility index (Phi) is 6.08. The highest BCUT2D eigenvalue weighted by atomic mass is 16.6. The Balaban J connectivity index is 3.05. The molecule has 0 heterocycles. The van der Waals surface area contributed by atoms with Crippen LogP contribution in [0, 0.1) is 10.1 Å². The first kappa shape index (κ1) is 15.2. The van der Waals surface area contributed by atoms with Gasteiger partial charge < -0.3 is 15.4 Å². The lowest BCUT2D eigenvalue weighted by atomic mass is 10.2. The van der Waals surface area contributed by atoms with Crippen LogP contribution < -0.4 is 15.4 Å². The highest BCUT2D eigenvalue weighted by molar-refractivity contribution is 5.59. The van der Waals surface area contributed by atoms with E-state index < -0.39 is 4.92 Å². The predicted octanol–water partition coefficient (Wildman–Crippen LogP) is 2.17. The van der Waals surface area contributed by atoms with Gasteiger partial charge in [0.25, 0.3) is 0 Å². The van der Waals surface area contributed by atoms with Crippen LogP contribution in [0.1, 0.15) is 20.3 Å². The van der Waals surface area contributed by atoms with E-state index in [0.717, 1.165) is 18.7 Å². The van der Waals surface area contributed by atoms with E-state index >= 15 is 0 Å². The summed E-state index contributed by atoms with van der Waals surface area (Å²) in [5, 5.41) is 11.0. The second-order valence-corrected chi connectivity index (χ2v) is 4.13. The van der Waals surface area contributed by atoms with Crippen molar-refractivity contribution in [2.75, 3.05) is 31.1 Å². The zero-order valence-electron chi connectivity index (χ0n) is 11.5. The van der Waals surface area contributed by atoms with Gasteiger partial charge in [0.05, 0.1) is 11.5 Å². The van der Waals surface area contributed by atoms with Crippen LogP contribution in [-0.2, 0) is 0 Å². The highest BCUT2D eigenvalue weighted by Crippen LogP contribution is 2.31. The summed E-state index contributed by atoms with van der Waals surface area (Å²) in [6.07, 6.45) is 0.807. The molecule has 106 valence electrons.